The van der Waals surface area contributed by atoms with Crippen LogP contribution in [0.15, 0.2) is 23.8 Å². The highest BCUT2D eigenvalue weighted by Crippen LogP contribution is 2.58. The molecular weight excluding hydrogens is 268 g/mol. The van der Waals surface area contributed by atoms with E-state index in [0.29, 0.717) is 23.9 Å². The quantitative estimate of drug-likeness (QED) is 0.606. The largest absolute Gasteiger partial charge is 0.396 e. The normalized spacial score (nSPS) is 38.3. The summed E-state index contributed by atoms with van der Waals surface area (Å²) in [6.07, 6.45) is 12.5. The van der Waals surface area contributed by atoms with E-state index in [2.05, 4.69) is 40.3 Å². The molecule has 0 aliphatic heterocycles. The van der Waals surface area contributed by atoms with E-state index in [4.69, 9.17) is 0 Å². The SMILES string of the molecule is C=C(C)CCCC1(C)CCCC2C1=CCC(C)C2(C)CCO. The molecule has 2 aliphatic rings. The number of fused-ring (bicyclic) bond motifs is 1. The van der Waals surface area contributed by atoms with E-state index in [1.54, 1.807) is 5.57 Å². The van der Waals surface area contributed by atoms with Crippen LogP contribution in [0.25, 0.3) is 0 Å². The number of hydrogen-bond acceptors (Lipinski definition) is 1. The molecule has 22 heavy (non-hydrogen) atoms. The minimum absolute atomic E-state index is 0.287. The summed E-state index contributed by atoms with van der Waals surface area (Å²) in [4.78, 5) is 0. The lowest BCUT2D eigenvalue weighted by Crippen LogP contribution is -2.44. The highest BCUT2D eigenvalue weighted by atomic mass is 16.3. The number of aliphatic hydroxyl groups excluding tert-OH is 1. The molecule has 1 nitrogen and oxygen atoms in total. The van der Waals surface area contributed by atoms with Gasteiger partial charge in [-0.25, -0.2) is 0 Å². The van der Waals surface area contributed by atoms with E-state index in [-0.39, 0.29) is 5.41 Å². The molecule has 0 radical (unpaired) electrons. The van der Waals surface area contributed by atoms with Crippen molar-refractivity contribution in [3.63, 3.8) is 0 Å². The smallest absolute Gasteiger partial charge is 0.0436 e. The maximum absolute atomic E-state index is 9.60. The molecule has 1 fully saturated rings. The zero-order valence-electron chi connectivity index (χ0n) is 15.3. The third-order valence-electron chi connectivity index (χ3n) is 6.89. The fourth-order valence-corrected chi connectivity index (χ4v) is 5.12. The van der Waals surface area contributed by atoms with Gasteiger partial charge in [-0.05, 0) is 74.5 Å². The van der Waals surface area contributed by atoms with Gasteiger partial charge in [0, 0.05) is 6.61 Å². The Morgan fingerprint density at radius 3 is 2.73 bits per heavy atom. The molecule has 0 bridgehead atoms. The molecule has 0 aromatic rings. The van der Waals surface area contributed by atoms with Gasteiger partial charge in [0.1, 0.15) is 0 Å². The number of allylic oxidation sites excluding steroid dienone is 3. The Morgan fingerprint density at radius 1 is 1.36 bits per heavy atom. The summed E-state index contributed by atoms with van der Waals surface area (Å²) in [6.45, 7) is 13.9. The molecule has 0 aromatic carbocycles. The Hall–Kier alpha value is -0.560. The van der Waals surface area contributed by atoms with Gasteiger partial charge in [-0.3, -0.25) is 0 Å². The molecule has 0 saturated heterocycles. The molecule has 4 atom stereocenters. The third-order valence-corrected chi connectivity index (χ3v) is 6.89. The predicted molar refractivity (Wildman–Crippen MR) is 95.8 cm³/mol. The van der Waals surface area contributed by atoms with Crippen LogP contribution >= 0.6 is 0 Å². The molecule has 0 spiro atoms. The average Bonchev–Trinajstić information content (AvgIpc) is 2.44. The standard InChI is InChI=1S/C21H36O/c1-16(2)8-6-12-20(4)13-7-9-19-18(20)11-10-17(3)21(19,5)14-15-22/h11,17,19,22H,1,6-10,12-15H2,2-5H3. The topological polar surface area (TPSA) is 20.2 Å². The van der Waals surface area contributed by atoms with Crippen molar-refractivity contribution in [3.8, 4) is 0 Å². The van der Waals surface area contributed by atoms with Crippen molar-refractivity contribution < 1.29 is 5.11 Å². The number of hydrogen-bond donors (Lipinski definition) is 1. The molecule has 1 saturated carbocycles. The lowest BCUT2D eigenvalue weighted by Gasteiger charge is -2.54. The fraction of sp³-hybridized carbons (Fsp3) is 0.810. The summed E-state index contributed by atoms with van der Waals surface area (Å²) in [6, 6.07) is 0. The second-order valence-electron chi connectivity index (χ2n) is 8.59. The van der Waals surface area contributed by atoms with Crippen LogP contribution in [-0.2, 0) is 0 Å². The zero-order chi connectivity index (χ0) is 16.4. The van der Waals surface area contributed by atoms with Gasteiger partial charge in [0.2, 0.25) is 0 Å². The van der Waals surface area contributed by atoms with Gasteiger partial charge in [0.25, 0.3) is 0 Å². The van der Waals surface area contributed by atoms with Gasteiger partial charge in [-0.1, -0.05) is 44.4 Å². The highest BCUT2D eigenvalue weighted by Gasteiger charge is 2.48. The first-order valence-corrected chi connectivity index (χ1v) is 9.29. The van der Waals surface area contributed by atoms with Crippen molar-refractivity contribution in [2.45, 2.75) is 79.1 Å². The van der Waals surface area contributed by atoms with Gasteiger partial charge in [-0.2, -0.15) is 0 Å². The van der Waals surface area contributed by atoms with Gasteiger partial charge in [-0.15, -0.1) is 6.58 Å². The molecule has 2 aliphatic carbocycles. The van der Waals surface area contributed by atoms with Crippen LogP contribution in [0.2, 0.25) is 0 Å². The second kappa shape index (κ2) is 6.91. The molecular formula is C21H36O. The van der Waals surface area contributed by atoms with Gasteiger partial charge in [0.05, 0.1) is 0 Å². The summed E-state index contributed by atoms with van der Waals surface area (Å²) in [5, 5.41) is 9.60. The van der Waals surface area contributed by atoms with Crippen LogP contribution in [0.5, 0.6) is 0 Å². The van der Waals surface area contributed by atoms with Gasteiger partial charge in [0.15, 0.2) is 0 Å². The summed E-state index contributed by atoms with van der Waals surface area (Å²) >= 11 is 0. The van der Waals surface area contributed by atoms with Gasteiger partial charge >= 0.3 is 0 Å². The average molecular weight is 305 g/mol. The Morgan fingerprint density at radius 2 is 2.09 bits per heavy atom. The first-order chi connectivity index (χ1) is 10.3. The predicted octanol–water partition coefficient (Wildman–Crippen LogP) is 5.89. The van der Waals surface area contributed by atoms with Crippen LogP contribution < -0.4 is 0 Å². The van der Waals surface area contributed by atoms with Gasteiger partial charge < -0.3 is 5.11 Å². The molecule has 2 rings (SSSR count). The maximum atomic E-state index is 9.60. The van der Waals surface area contributed by atoms with Crippen molar-refractivity contribution >= 4 is 0 Å². The lowest BCUT2D eigenvalue weighted by molar-refractivity contribution is 0.0352. The first kappa shape index (κ1) is 17.8. The van der Waals surface area contributed by atoms with Crippen LogP contribution in [0.4, 0.5) is 0 Å². The fourth-order valence-electron chi connectivity index (χ4n) is 5.12. The van der Waals surface area contributed by atoms with Crippen molar-refractivity contribution in [2.75, 3.05) is 6.61 Å². The molecule has 0 aromatic heterocycles. The first-order valence-electron chi connectivity index (χ1n) is 9.29. The van der Waals surface area contributed by atoms with Crippen molar-refractivity contribution in [1.82, 2.24) is 0 Å². The lowest BCUT2D eigenvalue weighted by atomic mass is 9.51. The zero-order valence-corrected chi connectivity index (χ0v) is 15.3. The van der Waals surface area contributed by atoms with E-state index in [9.17, 15) is 5.11 Å². The van der Waals surface area contributed by atoms with E-state index in [1.807, 2.05) is 0 Å². The Kier molecular flexibility index (Phi) is 5.59. The van der Waals surface area contributed by atoms with Crippen molar-refractivity contribution in [1.29, 1.82) is 0 Å². The molecule has 126 valence electrons. The molecule has 1 heteroatoms. The van der Waals surface area contributed by atoms with Crippen LogP contribution in [0.3, 0.4) is 0 Å². The third kappa shape index (κ3) is 3.35. The summed E-state index contributed by atoms with van der Waals surface area (Å²) in [7, 11) is 0. The molecule has 0 amide bonds. The minimum atomic E-state index is 0.287. The Labute approximate surface area is 137 Å². The van der Waals surface area contributed by atoms with Crippen LogP contribution in [-0.4, -0.2) is 11.7 Å². The van der Waals surface area contributed by atoms with Crippen molar-refractivity contribution in [3.05, 3.63) is 23.8 Å². The summed E-state index contributed by atoms with van der Waals surface area (Å²) in [5.74, 6) is 1.37. The number of aliphatic hydroxyl groups is 1. The molecule has 0 heterocycles. The Balaban J connectivity index is 2.20. The van der Waals surface area contributed by atoms with E-state index >= 15 is 0 Å². The van der Waals surface area contributed by atoms with E-state index in [1.165, 1.54) is 44.1 Å². The molecule has 1 N–H and O–H groups in total. The minimum Gasteiger partial charge on any atom is -0.396 e. The highest BCUT2D eigenvalue weighted by molar-refractivity contribution is 5.26. The van der Waals surface area contributed by atoms with Crippen LogP contribution in [0.1, 0.15) is 79.1 Å². The summed E-state index contributed by atoms with van der Waals surface area (Å²) in [5.41, 5.74) is 3.71. The maximum Gasteiger partial charge on any atom is 0.0436 e. The number of rotatable bonds is 6. The Bertz CT molecular complexity index is 435. The molecule has 4 unspecified atom stereocenters. The van der Waals surface area contributed by atoms with E-state index < -0.39 is 0 Å². The second-order valence-corrected chi connectivity index (χ2v) is 8.59. The monoisotopic (exact) mass is 304 g/mol. The van der Waals surface area contributed by atoms with E-state index in [0.717, 1.165) is 12.8 Å². The summed E-state index contributed by atoms with van der Waals surface area (Å²) < 4.78 is 0. The van der Waals surface area contributed by atoms with Crippen molar-refractivity contribution in [2.24, 2.45) is 22.7 Å². The van der Waals surface area contributed by atoms with Crippen LogP contribution in [0, 0.1) is 22.7 Å².